The molecule has 6 nitrogen and oxygen atoms in total. The molecule has 0 saturated heterocycles. The fraction of sp³-hybridized carbons (Fsp3) is 0.538. The lowest BCUT2D eigenvalue weighted by atomic mass is 10.2. The summed E-state index contributed by atoms with van der Waals surface area (Å²) in [4.78, 5) is 12.6. The van der Waals surface area contributed by atoms with E-state index in [0.717, 1.165) is 32.6 Å². The van der Waals surface area contributed by atoms with Crippen LogP contribution in [0.4, 0.5) is 17.1 Å². The maximum absolute atomic E-state index is 10.7. The van der Waals surface area contributed by atoms with E-state index in [4.69, 9.17) is 5.73 Å². The van der Waals surface area contributed by atoms with Gasteiger partial charge in [-0.1, -0.05) is 13.8 Å². The topological polar surface area (TPSA) is 84.4 Å². The van der Waals surface area contributed by atoms with Crippen LogP contribution in [0.1, 0.15) is 20.3 Å². The maximum atomic E-state index is 10.7. The molecule has 19 heavy (non-hydrogen) atoms. The van der Waals surface area contributed by atoms with E-state index in [1.54, 1.807) is 6.07 Å². The number of nitro groups is 1. The summed E-state index contributed by atoms with van der Waals surface area (Å²) < 4.78 is 0. The highest BCUT2D eigenvalue weighted by Crippen LogP contribution is 2.22. The van der Waals surface area contributed by atoms with Crippen LogP contribution in [0, 0.1) is 10.1 Å². The van der Waals surface area contributed by atoms with Crippen LogP contribution in [0.5, 0.6) is 0 Å². The van der Waals surface area contributed by atoms with E-state index in [1.165, 1.54) is 12.1 Å². The van der Waals surface area contributed by atoms with Crippen molar-refractivity contribution in [2.75, 3.05) is 37.2 Å². The molecule has 0 aliphatic carbocycles. The Morgan fingerprint density at radius 2 is 2.00 bits per heavy atom. The third-order valence-corrected chi connectivity index (χ3v) is 3.03. The Hall–Kier alpha value is -1.82. The number of anilines is 2. The van der Waals surface area contributed by atoms with Crippen molar-refractivity contribution in [1.82, 2.24) is 4.90 Å². The molecule has 0 unspecified atom stereocenters. The summed E-state index contributed by atoms with van der Waals surface area (Å²) in [5, 5.41) is 13.9. The van der Waals surface area contributed by atoms with E-state index in [2.05, 4.69) is 24.1 Å². The van der Waals surface area contributed by atoms with Crippen molar-refractivity contribution in [2.45, 2.75) is 20.3 Å². The van der Waals surface area contributed by atoms with Gasteiger partial charge in [-0.2, -0.15) is 0 Å². The van der Waals surface area contributed by atoms with Gasteiger partial charge in [0.25, 0.3) is 5.69 Å². The molecule has 1 aromatic carbocycles. The molecule has 0 radical (unpaired) electrons. The van der Waals surface area contributed by atoms with Crippen molar-refractivity contribution in [2.24, 2.45) is 0 Å². The number of nitrogens with zero attached hydrogens (tertiary/aromatic N) is 2. The molecular formula is C13H22N4O2. The van der Waals surface area contributed by atoms with Crippen LogP contribution < -0.4 is 11.1 Å². The summed E-state index contributed by atoms with van der Waals surface area (Å²) in [6.07, 6.45) is 0.990. The predicted octanol–water partition coefficient (Wildman–Crippen LogP) is 2.32. The van der Waals surface area contributed by atoms with Gasteiger partial charge in [-0.3, -0.25) is 10.1 Å². The lowest BCUT2D eigenvalue weighted by molar-refractivity contribution is -0.384. The second-order valence-electron chi connectivity index (χ2n) is 4.38. The van der Waals surface area contributed by atoms with Gasteiger partial charge in [0.1, 0.15) is 0 Å². The van der Waals surface area contributed by atoms with Gasteiger partial charge in [-0.25, -0.2) is 0 Å². The second-order valence-corrected chi connectivity index (χ2v) is 4.38. The van der Waals surface area contributed by atoms with Crippen molar-refractivity contribution in [3.05, 3.63) is 28.3 Å². The lowest BCUT2D eigenvalue weighted by Crippen LogP contribution is -2.25. The molecule has 3 N–H and O–H groups in total. The molecule has 6 heteroatoms. The van der Waals surface area contributed by atoms with E-state index in [0.29, 0.717) is 11.4 Å². The SMILES string of the molecule is CCN(CC)CCCNc1cc(N)cc([N+](=O)[O-])c1. The first-order valence-electron chi connectivity index (χ1n) is 6.58. The van der Waals surface area contributed by atoms with Crippen LogP contribution in [-0.4, -0.2) is 36.0 Å². The number of rotatable bonds is 8. The van der Waals surface area contributed by atoms with Gasteiger partial charge in [0.05, 0.1) is 4.92 Å². The van der Waals surface area contributed by atoms with Crippen molar-refractivity contribution < 1.29 is 4.92 Å². The van der Waals surface area contributed by atoms with Crippen LogP contribution in [0.25, 0.3) is 0 Å². The molecule has 1 rings (SSSR count). The number of nitrogens with one attached hydrogen (secondary N) is 1. The average Bonchev–Trinajstić information content (AvgIpc) is 2.38. The van der Waals surface area contributed by atoms with Crippen LogP contribution in [0.2, 0.25) is 0 Å². The van der Waals surface area contributed by atoms with Crippen molar-refractivity contribution in [3.8, 4) is 0 Å². The standard InChI is InChI=1S/C13H22N4O2/c1-3-16(4-2)7-5-6-15-12-8-11(14)9-13(10-12)17(18)19/h8-10,15H,3-7,14H2,1-2H3. The first-order valence-corrected chi connectivity index (χ1v) is 6.58. The van der Waals surface area contributed by atoms with E-state index >= 15 is 0 Å². The lowest BCUT2D eigenvalue weighted by Gasteiger charge is -2.17. The number of benzene rings is 1. The van der Waals surface area contributed by atoms with Crippen LogP contribution >= 0.6 is 0 Å². The Balaban J connectivity index is 2.47. The zero-order valence-electron chi connectivity index (χ0n) is 11.6. The van der Waals surface area contributed by atoms with E-state index < -0.39 is 4.92 Å². The third-order valence-electron chi connectivity index (χ3n) is 3.03. The van der Waals surface area contributed by atoms with Gasteiger partial charge >= 0.3 is 0 Å². The van der Waals surface area contributed by atoms with Crippen molar-refractivity contribution in [1.29, 1.82) is 0 Å². The number of hydrogen-bond donors (Lipinski definition) is 2. The summed E-state index contributed by atoms with van der Waals surface area (Å²) in [5.74, 6) is 0. The smallest absolute Gasteiger partial charge is 0.273 e. The molecule has 0 amide bonds. The summed E-state index contributed by atoms with van der Waals surface area (Å²) in [7, 11) is 0. The van der Waals surface area contributed by atoms with Gasteiger partial charge in [0.15, 0.2) is 0 Å². The monoisotopic (exact) mass is 266 g/mol. The molecule has 0 aromatic heterocycles. The molecule has 0 aliphatic heterocycles. The summed E-state index contributed by atoms with van der Waals surface area (Å²) >= 11 is 0. The van der Waals surface area contributed by atoms with Crippen molar-refractivity contribution >= 4 is 17.1 Å². The maximum Gasteiger partial charge on any atom is 0.273 e. The second kappa shape index (κ2) is 7.58. The molecule has 0 fully saturated rings. The van der Waals surface area contributed by atoms with Gasteiger partial charge in [0, 0.05) is 30.1 Å². The molecule has 0 atom stereocenters. The number of nitrogens with two attached hydrogens (primary N) is 1. The Morgan fingerprint density at radius 1 is 1.32 bits per heavy atom. The first-order chi connectivity index (χ1) is 9.06. The van der Waals surface area contributed by atoms with Gasteiger partial charge in [-0.05, 0) is 32.1 Å². The highest BCUT2D eigenvalue weighted by molar-refractivity contribution is 5.61. The highest BCUT2D eigenvalue weighted by Gasteiger charge is 2.08. The molecule has 0 saturated carbocycles. The quantitative estimate of drug-likeness (QED) is 0.326. The number of nitro benzene ring substituents is 1. The molecular weight excluding hydrogens is 244 g/mol. The molecule has 0 bridgehead atoms. The Bertz CT molecular complexity index is 419. The minimum atomic E-state index is -0.433. The van der Waals surface area contributed by atoms with Gasteiger partial charge in [-0.15, -0.1) is 0 Å². The number of hydrogen-bond acceptors (Lipinski definition) is 5. The fourth-order valence-electron chi connectivity index (χ4n) is 1.92. The predicted molar refractivity (Wildman–Crippen MR) is 78.4 cm³/mol. The molecule has 0 aliphatic rings. The highest BCUT2D eigenvalue weighted by atomic mass is 16.6. The van der Waals surface area contributed by atoms with Gasteiger partial charge in [0.2, 0.25) is 0 Å². The average molecular weight is 266 g/mol. The summed E-state index contributed by atoms with van der Waals surface area (Å²) in [6.45, 7) is 8.15. The van der Waals surface area contributed by atoms with Crippen molar-refractivity contribution in [3.63, 3.8) is 0 Å². The van der Waals surface area contributed by atoms with Gasteiger partial charge < -0.3 is 16.0 Å². The van der Waals surface area contributed by atoms with Crippen LogP contribution in [0.15, 0.2) is 18.2 Å². The molecule has 0 heterocycles. The van der Waals surface area contributed by atoms with Crippen LogP contribution in [-0.2, 0) is 0 Å². The summed E-state index contributed by atoms with van der Waals surface area (Å²) in [6, 6.07) is 4.58. The van der Waals surface area contributed by atoms with E-state index in [-0.39, 0.29) is 5.69 Å². The van der Waals surface area contributed by atoms with E-state index in [1.807, 2.05) is 0 Å². The number of non-ortho nitro benzene ring substituents is 1. The summed E-state index contributed by atoms with van der Waals surface area (Å²) in [5.41, 5.74) is 6.76. The number of nitrogen functional groups attached to an aromatic ring is 1. The largest absolute Gasteiger partial charge is 0.398 e. The zero-order chi connectivity index (χ0) is 14.3. The Kier molecular flexibility index (Phi) is 6.08. The molecule has 1 aromatic rings. The normalized spacial score (nSPS) is 10.7. The Morgan fingerprint density at radius 3 is 2.58 bits per heavy atom. The zero-order valence-corrected chi connectivity index (χ0v) is 11.6. The fourth-order valence-corrected chi connectivity index (χ4v) is 1.92. The molecule has 0 spiro atoms. The van der Waals surface area contributed by atoms with E-state index in [9.17, 15) is 10.1 Å². The van der Waals surface area contributed by atoms with Crippen LogP contribution in [0.3, 0.4) is 0 Å². The minimum absolute atomic E-state index is 0.0197. The minimum Gasteiger partial charge on any atom is -0.398 e. The molecule has 106 valence electrons. The first kappa shape index (κ1) is 15.2. The Labute approximate surface area is 113 Å². The third kappa shape index (κ3) is 5.13.